The van der Waals surface area contributed by atoms with Crippen molar-refractivity contribution in [1.82, 2.24) is 0 Å². The molecule has 0 spiro atoms. The molecule has 0 bridgehead atoms. The van der Waals surface area contributed by atoms with Crippen LogP contribution in [0.1, 0.15) is 39.0 Å². The lowest BCUT2D eigenvalue weighted by Crippen LogP contribution is -2.10. The average Bonchev–Trinajstić information content (AvgIpc) is 2.81. The van der Waals surface area contributed by atoms with Crippen molar-refractivity contribution >= 4 is 6.21 Å². The van der Waals surface area contributed by atoms with Gasteiger partial charge >= 0.3 is 0 Å². The Balaban J connectivity index is 1.73. The zero-order valence-electron chi connectivity index (χ0n) is 7.70. The highest BCUT2D eigenvalue weighted by Gasteiger charge is 2.32. The van der Waals surface area contributed by atoms with Crippen molar-refractivity contribution in [1.29, 1.82) is 0 Å². The summed E-state index contributed by atoms with van der Waals surface area (Å²) in [5, 5.41) is 0. The summed E-state index contributed by atoms with van der Waals surface area (Å²) in [4.78, 5) is 4.55. The molecule has 2 aliphatic rings. The van der Waals surface area contributed by atoms with Crippen molar-refractivity contribution in [3.8, 4) is 0 Å². The van der Waals surface area contributed by atoms with Gasteiger partial charge < -0.3 is 4.74 Å². The molecule has 1 heterocycles. The molecule has 0 aromatic rings. The van der Waals surface area contributed by atoms with Gasteiger partial charge in [-0.05, 0) is 19.8 Å². The molecule has 0 aromatic heterocycles. The van der Waals surface area contributed by atoms with Gasteiger partial charge in [0.15, 0.2) is 0 Å². The van der Waals surface area contributed by atoms with Crippen molar-refractivity contribution in [3.63, 3.8) is 0 Å². The molecule has 0 amide bonds. The summed E-state index contributed by atoms with van der Waals surface area (Å²) in [5.74, 6) is 0. The summed E-state index contributed by atoms with van der Waals surface area (Å²) >= 11 is 0. The minimum atomic E-state index is 0.340. The number of ether oxygens (including phenoxy) is 1. The second kappa shape index (κ2) is 3.56. The molecule has 0 unspecified atom stereocenters. The zero-order valence-corrected chi connectivity index (χ0v) is 7.70. The largest absolute Gasteiger partial charge is 0.364 e. The minimum absolute atomic E-state index is 0.340. The molecule has 2 atom stereocenters. The number of hydrogen-bond donors (Lipinski definition) is 0. The summed E-state index contributed by atoms with van der Waals surface area (Å²) in [6.07, 6.45) is 9.49. The Kier molecular flexibility index (Phi) is 2.45. The van der Waals surface area contributed by atoms with Crippen molar-refractivity contribution in [2.45, 2.75) is 57.3 Å². The first-order valence-corrected chi connectivity index (χ1v) is 5.05. The Labute approximate surface area is 74.0 Å². The van der Waals surface area contributed by atoms with Crippen molar-refractivity contribution < 1.29 is 4.74 Å². The number of hydrogen-bond acceptors (Lipinski definition) is 2. The third kappa shape index (κ3) is 2.07. The molecule has 0 aromatic carbocycles. The van der Waals surface area contributed by atoms with Crippen LogP contribution in [-0.4, -0.2) is 24.5 Å². The Hall–Kier alpha value is -0.370. The van der Waals surface area contributed by atoms with E-state index in [4.69, 9.17) is 4.74 Å². The van der Waals surface area contributed by atoms with Gasteiger partial charge in [0.25, 0.3) is 0 Å². The van der Waals surface area contributed by atoms with Crippen molar-refractivity contribution in [2.75, 3.05) is 0 Å². The molecule has 2 nitrogen and oxygen atoms in total. The summed E-state index contributed by atoms with van der Waals surface area (Å²) in [6, 6.07) is 0.607. The Morgan fingerprint density at radius 2 is 1.92 bits per heavy atom. The van der Waals surface area contributed by atoms with Gasteiger partial charge in [-0.15, -0.1) is 0 Å². The maximum Gasteiger partial charge on any atom is 0.118 e. The standard InChI is InChI=1S/C10H17NO/c1-8-10(12-8)7-11-9-5-3-2-4-6-9/h7-10H,2-6H2,1H3/t8-,10-/m1/s1. The van der Waals surface area contributed by atoms with E-state index < -0.39 is 0 Å². The van der Waals surface area contributed by atoms with Crippen LogP contribution in [-0.2, 0) is 4.74 Å². The van der Waals surface area contributed by atoms with Crippen LogP contribution in [0.4, 0.5) is 0 Å². The van der Waals surface area contributed by atoms with E-state index in [0.29, 0.717) is 18.2 Å². The van der Waals surface area contributed by atoms with Crippen LogP contribution in [0.25, 0.3) is 0 Å². The topological polar surface area (TPSA) is 24.9 Å². The van der Waals surface area contributed by atoms with Crippen LogP contribution in [0.2, 0.25) is 0 Å². The monoisotopic (exact) mass is 167 g/mol. The van der Waals surface area contributed by atoms with E-state index in [1.165, 1.54) is 32.1 Å². The highest BCUT2D eigenvalue weighted by atomic mass is 16.6. The highest BCUT2D eigenvalue weighted by molar-refractivity contribution is 5.67. The number of rotatable bonds is 2. The van der Waals surface area contributed by atoms with E-state index in [2.05, 4.69) is 11.9 Å². The van der Waals surface area contributed by atoms with E-state index in [0.717, 1.165) is 0 Å². The second-order valence-corrected chi connectivity index (χ2v) is 3.90. The molecule has 1 aliphatic heterocycles. The van der Waals surface area contributed by atoms with E-state index >= 15 is 0 Å². The predicted molar refractivity (Wildman–Crippen MR) is 49.7 cm³/mol. The fourth-order valence-electron chi connectivity index (χ4n) is 1.80. The first-order chi connectivity index (χ1) is 5.86. The van der Waals surface area contributed by atoms with Gasteiger partial charge in [0.2, 0.25) is 0 Å². The van der Waals surface area contributed by atoms with E-state index in [9.17, 15) is 0 Å². The van der Waals surface area contributed by atoms with Gasteiger partial charge in [0.1, 0.15) is 6.10 Å². The lowest BCUT2D eigenvalue weighted by atomic mass is 9.96. The zero-order chi connectivity index (χ0) is 8.39. The van der Waals surface area contributed by atoms with Gasteiger partial charge in [-0.2, -0.15) is 0 Å². The van der Waals surface area contributed by atoms with Crippen LogP contribution in [0, 0.1) is 0 Å². The molecule has 2 heteroatoms. The molecule has 0 radical (unpaired) electrons. The van der Waals surface area contributed by atoms with Crippen LogP contribution in [0.3, 0.4) is 0 Å². The third-order valence-corrected chi connectivity index (χ3v) is 2.78. The normalized spacial score (nSPS) is 37.4. The SMILES string of the molecule is C[C@H]1O[C@@H]1C=NC1CCCCC1. The molecule has 68 valence electrons. The fourth-order valence-corrected chi connectivity index (χ4v) is 1.80. The first-order valence-electron chi connectivity index (χ1n) is 5.05. The van der Waals surface area contributed by atoms with Gasteiger partial charge in [0, 0.05) is 12.3 Å². The lowest BCUT2D eigenvalue weighted by Gasteiger charge is -2.16. The molecule has 2 rings (SSSR count). The molecular formula is C10H17NO. The van der Waals surface area contributed by atoms with Crippen LogP contribution in [0.15, 0.2) is 4.99 Å². The number of nitrogens with zero attached hydrogens (tertiary/aromatic N) is 1. The molecule has 2 fully saturated rings. The highest BCUT2D eigenvalue weighted by Crippen LogP contribution is 2.22. The smallest absolute Gasteiger partial charge is 0.118 e. The van der Waals surface area contributed by atoms with Gasteiger partial charge in [-0.1, -0.05) is 19.3 Å². The van der Waals surface area contributed by atoms with Gasteiger partial charge in [0.05, 0.1) is 6.10 Å². The van der Waals surface area contributed by atoms with Crippen molar-refractivity contribution in [3.05, 3.63) is 0 Å². The second-order valence-electron chi connectivity index (χ2n) is 3.90. The number of aliphatic imine (C=N–C) groups is 1. The molecule has 1 aliphatic carbocycles. The molecule has 1 saturated carbocycles. The summed E-state index contributed by atoms with van der Waals surface area (Å²) in [7, 11) is 0. The molecule has 1 saturated heterocycles. The third-order valence-electron chi connectivity index (χ3n) is 2.78. The fraction of sp³-hybridized carbons (Fsp3) is 0.900. The molecular weight excluding hydrogens is 150 g/mol. The van der Waals surface area contributed by atoms with Crippen LogP contribution in [0.5, 0.6) is 0 Å². The van der Waals surface area contributed by atoms with E-state index in [-0.39, 0.29) is 0 Å². The predicted octanol–water partition coefficient (Wildman–Crippen LogP) is 2.18. The quantitative estimate of drug-likeness (QED) is 0.457. The first kappa shape index (κ1) is 8.24. The van der Waals surface area contributed by atoms with Gasteiger partial charge in [-0.3, -0.25) is 4.99 Å². The number of epoxide rings is 1. The Morgan fingerprint density at radius 3 is 2.50 bits per heavy atom. The minimum Gasteiger partial charge on any atom is -0.364 e. The summed E-state index contributed by atoms with van der Waals surface area (Å²) < 4.78 is 5.26. The summed E-state index contributed by atoms with van der Waals surface area (Å²) in [5.41, 5.74) is 0. The molecule has 0 N–H and O–H groups in total. The van der Waals surface area contributed by atoms with Crippen LogP contribution < -0.4 is 0 Å². The van der Waals surface area contributed by atoms with E-state index in [1.807, 2.05) is 6.21 Å². The lowest BCUT2D eigenvalue weighted by molar-refractivity contribution is 0.406. The molecule has 12 heavy (non-hydrogen) atoms. The maximum absolute atomic E-state index is 5.26. The Morgan fingerprint density at radius 1 is 1.25 bits per heavy atom. The van der Waals surface area contributed by atoms with Gasteiger partial charge in [-0.25, -0.2) is 0 Å². The average molecular weight is 167 g/mol. The van der Waals surface area contributed by atoms with Crippen LogP contribution >= 0.6 is 0 Å². The summed E-state index contributed by atoms with van der Waals surface area (Å²) in [6.45, 7) is 2.09. The van der Waals surface area contributed by atoms with Crippen molar-refractivity contribution in [2.24, 2.45) is 4.99 Å². The maximum atomic E-state index is 5.26. The van der Waals surface area contributed by atoms with E-state index in [1.54, 1.807) is 0 Å². The Bertz CT molecular complexity index is 173.